The van der Waals surface area contributed by atoms with Crippen molar-refractivity contribution in [1.82, 2.24) is 15.1 Å². The van der Waals surface area contributed by atoms with E-state index < -0.39 is 0 Å². The summed E-state index contributed by atoms with van der Waals surface area (Å²) in [4.78, 5) is 0. The smallest absolute Gasteiger partial charge is 0.0534 e. The zero-order chi connectivity index (χ0) is 12.1. The molecule has 0 saturated heterocycles. The number of aryl methyl sites for hydroxylation is 1. The summed E-state index contributed by atoms with van der Waals surface area (Å²) in [6.07, 6.45) is 3.94. The second-order valence-corrected chi connectivity index (χ2v) is 5.00. The molecule has 0 amide bonds. The largest absolute Gasteiger partial charge is 0.311 e. The Hall–Kier alpha value is -1.13. The van der Waals surface area contributed by atoms with Crippen LogP contribution in [0.2, 0.25) is 0 Å². The second kappa shape index (κ2) is 5.98. The third-order valence-corrected chi connectivity index (χ3v) is 3.05. The van der Waals surface area contributed by atoms with Crippen LogP contribution in [-0.2, 0) is 13.1 Å². The number of nitrogens with zero attached hydrogens (tertiary/aromatic N) is 2. The fourth-order valence-electron chi connectivity index (χ4n) is 1.62. The molecule has 2 rings (SSSR count). The van der Waals surface area contributed by atoms with Crippen LogP contribution in [0.15, 0.2) is 41.1 Å². The molecule has 0 radical (unpaired) electrons. The highest BCUT2D eigenvalue weighted by molar-refractivity contribution is 9.10. The molecule has 1 aromatic carbocycles. The van der Waals surface area contributed by atoms with E-state index >= 15 is 0 Å². The average Bonchev–Trinajstić information content (AvgIpc) is 2.73. The van der Waals surface area contributed by atoms with Crippen LogP contribution in [0.1, 0.15) is 11.1 Å². The van der Waals surface area contributed by atoms with Crippen LogP contribution in [0.25, 0.3) is 0 Å². The standard InChI is InChI=1S/C13H16BrN3/c1-11-8-16-17(10-11)7-6-15-9-12-2-4-13(14)5-3-12/h2-5,8,10,15H,6-7,9H2,1H3. The molecule has 17 heavy (non-hydrogen) atoms. The predicted octanol–water partition coefficient (Wildman–Crippen LogP) is 2.74. The summed E-state index contributed by atoms with van der Waals surface area (Å²) < 4.78 is 3.08. The molecule has 0 spiro atoms. The first-order chi connectivity index (χ1) is 8.24. The van der Waals surface area contributed by atoms with E-state index in [0.29, 0.717) is 0 Å². The Bertz CT molecular complexity index is 462. The van der Waals surface area contributed by atoms with E-state index in [1.165, 1.54) is 11.1 Å². The van der Waals surface area contributed by atoms with Crippen LogP contribution in [0, 0.1) is 6.92 Å². The topological polar surface area (TPSA) is 29.9 Å². The van der Waals surface area contributed by atoms with Gasteiger partial charge in [-0.1, -0.05) is 28.1 Å². The summed E-state index contributed by atoms with van der Waals surface area (Å²) in [5, 5.41) is 7.65. The molecule has 0 aliphatic rings. The van der Waals surface area contributed by atoms with Gasteiger partial charge in [-0.3, -0.25) is 4.68 Å². The Kier molecular flexibility index (Phi) is 4.34. The molecule has 3 nitrogen and oxygen atoms in total. The normalized spacial score (nSPS) is 10.7. The summed E-state index contributed by atoms with van der Waals surface area (Å²) >= 11 is 3.43. The quantitative estimate of drug-likeness (QED) is 0.859. The Balaban J connectivity index is 1.71. The lowest BCUT2D eigenvalue weighted by atomic mass is 10.2. The van der Waals surface area contributed by atoms with Gasteiger partial charge < -0.3 is 5.32 Å². The number of hydrogen-bond acceptors (Lipinski definition) is 2. The third kappa shape index (κ3) is 3.98. The number of benzene rings is 1. The summed E-state index contributed by atoms with van der Waals surface area (Å²) in [5.41, 5.74) is 2.50. The summed E-state index contributed by atoms with van der Waals surface area (Å²) in [7, 11) is 0. The van der Waals surface area contributed by atoms with Gasteiger partial charge in [0.2, 0.25) is 0 Å². The van der Waals surface area contributed by atoms with Crippen LogP contribution < -0.4 is 5.32 Å². The molecular formula is C13H16BrN3. The van der Waals surface area contributed by atoms with Gasteiger partial charge in [-0.2, -0.15) is 5.10 Å². The van der Waals surface area contributed by atoms with Gasteiger partial charge in [0.25, 0.3) is 0 Å². The van der Waals surface area contributed by atoms with E-state index in [9.17, 15) is 0 Å². The van der Waals surface area contributed by atoms with E-state index in [4.69, 9.17) is 0 Å². The van der Waals surface area contributed by atoms with E-state index in [2.05, 4.69) is 63.7 Å². The molecule has 0 bridgehead atoms. The van der Waals surface area contributed by atoms with Gasteiger partial charge in [0, 0.05) is 23.8 Å². The lowest BCUT2D eigenvalue weighted by Crippen LogP contribution is -2.19. The molecule has 0 unspecified atom stereocenters. The fourth-order valence-corrected chi connectivity index (χ4v) is 1.88. The van der Waals surface area contributed by atoms with E-state index in [1.54, 1.807) is 0 Å². The molecule has 0 aliphatic heterocycles. The first-order valence-electron chi connectivity index (χ1n) is 5.68. The lowest BCUT2D eigenvalue weighted by molar-refractivity contribution is 0.554. The zero-order valence-corrected chi connectivity index (χ0v) is 11.4. The van der Waals surface area contributed by atoms with Gasteiger partial charge in [0.1, 0.15) is 0 Å². The van der Waals surface area contributed by atoms with Gasteiger partial charge in [0.15, 0.2) is 0 Å². The lowest BCUT2D eigenvalue weighted by Gasteiger charge is -2.05. The van der Waals surface area contributed by atoms with Crippen LogP contribution in [0.5, 0.6) is 0 Å². The highest BCUT2D eigenvalue weighted by Crippen LogP contribution is 2.10. The van der Waals surface area contributed by atoms with Crippen molar-refractivity contribution in [3.8, 4) is 0 Å². The van der Waals surface area contributed by atoms with Crippen molar-refractivity contribution in [3.05, 3.63) is 52.3 Å². The van der Waals surface area contributed by atoms with Crippen LogP contribution >= 0.6 is 15.9 Å². The number of rotatable bonds is 5. The third-order valence-electron chi connectivity index (χ3n) is 2.52. The minimum absolute atomic E-state index is 0.896. The molecule has 0 atom stereocenters. The molecule has 1 N–H and O–H groups in total. The van der Waals surface area contributed by atoms with Crippen molar-refractivity contribution in [3.63, 3.8) is 0 Å². The van der Waals surface area contributed by atoms with Crippen molar-refractivity contribution in [1.29, 1.82) is 0 Å². The maximum atomic E-state index is 4.24. The SMILES string of the molecule is Cc1cnn(CCNCc2ccc(Br)cc2)c1. The van der Waals surface area contributed by atoms with Gasteiger partial charge in [-0.15, -0.1) is 0 Å². The van der Waals surface area contributed by atoms with Crippen molar-refractivity contribution >= 4 is 15.9 Å². The van der Waals surface area contributed by atoms with Crippen LogP contribution in [0.3, 0.4) is 0 Å². The Morgan fingerprint density at radius 2 is 2.06 bits per heavy atom. The number of halogens is 1. The minimum atomic E-state index is 0.896. The van der Waals surface area contributed by atoms with Crippen molar-refractivity contribution in [2.24, 2.45) is 0 Å². The van der Waals surface area contributed by atoms with Crippen LogP contribution in [0.4, 0.5) is 0 Å². The van der Waals surface area contributed by atoms with E-state index in [-0.39, 0.29) is 0 Å². The molecule has 1 heterocycles. The first kappa shape index (κ1) is 12.3. The van der Waals surface area contributed by atoms with Crippen molar-refractivity contribution < 1.29 is 0 Å². The van der Waals surface area contributed by atoms with E-state index in [1.807, 2.05) is 10.9 Å². The monoisotopic (exact) mass is 293 g/mol. The summed E-state index contributed by atoms with van der Waals surface area (Å²) in [6, 6.07) is 8.37. The molecule has 1 aromatic heterocycles. The minimum Gasteiger partial charge on any atom is -0.311 e. The van der Waals surface area contributed by atoms with Gasteiger partial charge >= 0.3 is 0 Å². The zero-order valence-electron chi connectivity index (χ0n) is 9.86. The Morgan fingerprint density at radius 3 is 2.71 bits per heavy atom. The van der Waals surface area contributed by atoms with Crippen molar-refractivity contribution in [2.75, 3.05) is 6.54 Å². The van der Waals surface area contributed by atoms with Gasteiger partial charge in [0.05, 0.1) is 12.7 Å². The maximum absolute atomic E-state index is 4.24. The van der Waals surface area contributed by atoms with E-state index in [0.717, 1.165) is 24.1 Å². The van der Waals surface area contributed by atoms with Gasteiger partial charge in [-0.25, -0.2) is 0 Å². The molecular weight excluding hydrogens is 278 g/mol. The molecule has 2 aromatic rings. The Labute approximate surface area is 110 Å². The number of nitrogens with one attached hydrogen (secondary N) is 1. The molecule has 4 heteroatoms. The summed E-state index contributed by atoms with van der Waals surface area (Å²) in [5.74, 6) is 0. The predicted molar refractivity (Wildman–Crippen MR) is 72.8 cm³/mol. The maximum Gasteiger partial charge on any atom is 0.0534 e. The molecule has 90 valence electrons. The number of aromatic nitrogens is 2. The highest BCUT2D eigenvalue weighted by Gasteiger charge is 1.95. The number of hydrogen-bond donors (Lipinski definition) is 1. The van der Waals surface area contributed by atoms with Crippen molar-refractivity contribution in [2.45, 2.75) is 20.0 Å². The molecule has 0 fully saturated rings. The molecule has 0 saturated carbocycles. The summed E-state index contributed by atoms with van der Waals surface area (Å²) in [6.45, 7) is 4.79. The highest BCUT2D eigenvalue weighted by atomic mass is 79.9. The first-order valence-corrected chi connectivity index (χ1v) is 6.47. The average molecular weight is 294 g/mol. The van der Waals surface area contributed by atoms with Crippen LogP contribution in [-0.4, -0.2) is 16.3 Å². The molecule has 0 aliphatic carbocycles. The second-order valence-electron chi connectivity index (χ2n) is 4.08. The van der Waals surface area contributed by atoms with Gasteiger partial charge in [-0.05, 0) is 30.2 Å². The Morgan fingerprint density at radius 1 is 1.29 bits per heavy atom. The fraction of sp³-hybridized carbons (Fsp3) is 0.308.